The Morgan fingerprint density at radius 2 is 0.867 bits per heavy atom. The molecule has 0 heterocycles. The number of carbonyl (C=O) groups is 2. The fourth-order valence-electron chi connectivity index (χ4n) is 8.29. The maximum Gasteiger partial charge on any atom is 0.240 e. The van der Waals surface area contributed by atoms with E-state index in [2.05, 4.69) is 21.1 Å². The molecule has 8 saturated carbocycles. The van der Waals surface area contributed by atoms with Gasteiger partial charge in [-0.25, -0.2) is 10.9 Å². The van der Waals surface area contributed by atoms with Crippen LogP contribution in [0.15, 0.2) is 10.2 Å². The first-order valence-electron chi connectivity index (χ1n) is 12.3. The van der Waals surface area contributed by atoms with Gasteiger partial charge >= 0.3 is 0 Å². The highest BCUT2D eigenvalue weighted by molar-refractivity contribution is 5.93. The van der Waals surface area contributed by atoms with E-state index < -0.39 is 0 Å². The van der Waals surface area contributed by atoms with Crippen LogP contribution in [0.3, 0.4) is 0 Å². The Morgan fingerprint density at radius 1 is 0.567 bits per heavy atom. The number of nitrogens with zero attached hydrogens (tertiary/aromatic N) is 2. The quantitative estimate of drug-likeness (QED) is 0.679. The van der Waals surface area contributed by atoms with E-state index in [-0.39, 0.29) is 24.7 Å². The van der Waals surface area contributed by atoms with Gasteiger partial charge in [-0.2, -0.15) is 10.2 Å². The van der Waals surface area contributed by atoms with E-state index in [1.807, 2.05) is 0 Å². The van der Waals surface area contributed by atoms with Gasteiger partial charge in [0.25, 0.3) is 0 Å². The second-order valence-corrected chi connectivity index (χ2v) is 11.3. The molecule has 0 saturated heterocycles. The van der Waals surface area contributed by atoms with Crippen molar-refractivity contribution in [1.29, 1.82) is 0 Å². The van der Waals surface area contributed by atoms with E-state index >= 15 is 0 Å². The van der Waals surface area contributed by atoms with Crippen LogP contribution >= 0.6 is 0 Å². The van der Waals surface area contributed by atoms with Crippen molar-refractivity contribution in [3.63, 3.8) is 0 Å². The molecule has 0 aromatic carbocycles. The number of hydrazone groups is 2. The standard InChI is InChI=1S/C24H34N4O2/c29-21(25-27-23-17-5-13-3-14(7-17)8-18(23)6-13)1-2-22(30)26-28-24-19-9-15-4-16(11-19)12-20(24)10-15/h13-20H,1-12H2,(H,25,29)(H,26,30). The van der Waals surface area contributed by atoms with Crippen LogP contribution in [-0.2, 0) is 9.59 Å². The van der Waals surface area contributed by atoms with Gasteiger partial charge in [-0.3, -0.25) is 9.59 Å². The summed E-state index contributed by atoms with van der Waals surface area (Å²) < 4.78 is 0. The molecule has 30 heavy (non-hydrogen) atoms. The Labute approximate surface area is 178 Å². The lowest BCUT2D eigenvalue weighted by atomic mass is 9.55. The molecule has 0 aromatic heterocycles. The van der Waals surface area contributed by atoms with Gasteiger partial charge in [0.1, 0.15) is 0 Å². The van der Waals surface area contributed by atoms with Crippen molar-refractivity contribution in [2.45, 2.75) is 77.0 Å². The number of amides is 2. The van der Waals surface area contributed by atoms with Crippen molar-refractivity contribution < 1.29 is 9.59 Å². The zero-order valence-electron chi connectivity index (χ0n) is 17.8. The third-order valence-corrected chi connectivity index (χ3v) is 9.15. The summed E-state index contributed by atoms with van der Waals surface area (Å²) in [5.74, 6) is 5.59. The second kappa shape index (κ2) is 7.45. The fourth-order valence-corrected chi connectivity index (χ4v) is 8.29. The summed E-state index contributed by atoms with van der Waals surface area (Å²) in [6.45, 7) is 0. The average molecular weight is 411 g/mol. The van der Waals surface area contributed by atoms with Crippen LogP contribution < -0.4 is 10.9 Å². The van der Waals surface area contributed by atoms with Gasteiger partial charge < -0.3 is 0 Å². The SMILES string of the molecule is O=C(CCC(=O)NN=C1C2CC3CC(C2)CC1C3)NN=C1C2CC3CC(C2)CC1C3. The normalized spacial score (nSPS) is 42.4. The molecule has 8 aliphatic rings. The number of rotatable bonds is 5. The molecule has 0 aromatic rings. The van der Waals surface area contributed by atoms with Crippen LogP contribution in [0.2, 0.25) is 0 Å². The largest absolute Gasteiger partial charge is 0.273 e. The Hall–Kier alpha value is -1.72. The summed E-state index contributed by atoms with van der Waals surface area (Å²) in [5, 5.41) is 9.06. The highest BCUT2D eigenvalue weighted by Gasteiger charge is 2.47. The molecule has 8 bridgehead atoms. The van der Waals surface area contributed by atoms with E-state index in [4.69, 9.17) is 0 Å². The molecule has 2 N–H and O–H groups in total. The maximum atomic E-state index is 12.3. The maximum absolute atomic E-state index is 12.3. The first kappa shape index (κ1) is 19.0. The molecule has 0 atom stereocenters. The zero-order valence-corrected chi connectivity index (χ0v) is 17.8. The molecule has 0 unspecified atom stereocenters. The Morgan fingerprint density at radius 3 is 1.17 bits per heavy atom. The summed E-state index contributed by atoms with van der Waals surface area (Å²) in [6.07, 6.45) is 13.2. The summed E-state index contributed by atoms with van der Waals surface area (Å²) in [6, 6.07) is 0. The van der Waals surface area contributed by atoms with Crippen molar-refractivity contribution in [3.05, 3.63) is 0 Å². The van der Waals surface area contributed by atoms with Crippen LogP contribution in [0, 0.1) is 47.3 Å². The minimum atomic E-state index is -0.159. The van der Waals surface area contributed by atoms with Crippen LogP contribution in [0.25, 0.3) is 0 Å². The monoisotopic (exact) mass is 410 g/mol. The molecule has 6 heteroatoms. The topological polar surface area (TPSA) is 82.9 Å². The number of carbonyl (C=O) groups excluding carboxylic acids is 2. The Bertz CT molecular complexity index is 675. The first-order valence-corrected chi connectivity index (χ1v) is 12.3. The van der Waals surface area contributed by atoms with Crippen molar-refractivity contribution in [1.82, 2.24) is 10.9 Å². The summed E-state index contributed by atoms with van der Waals surface area (Å²) >= 11 is 0. The van der Waals surface area contributed by atoms with Gasteiger partial charge in [-0.05, 0) is 112 Å². The van der Waals surface area contributed by atoms with E-state index in [0.717, 1.165) is 23.7 Å². The fraction of sp³-hybridized carbons (Fsp3) is 0.833. The zero-order chi connectivity index (χ0) is 20.2. The Kier molecular flexibility index (Phi) is 4.72. The highest BCUT2D eigenvalue weighted by Crippen LogP contribution is 2.53. The second-order valence-electron chi connectivity index (χ2n) is 11.3. The van der Waals surface area contributed by atoms with Crippen LogP contribution in [0.1, 0.15) is 77.0 Å². The molecule has 8 rings (SSSR count). The lowest BCUT2D eigenvalue weighted by Crippen LogP contribution is -2.46. The van der Waals surface area contributed by atoms with E-state index in [1.54, 1.807) is 0 Å². The lowest BCUT2D eigenvalue weighted by Gasteiger charge is -2.50. The minimum absolute atomic E-state index is 0.159. The van der Waals surface area contributed by atoms with Gasteiger partial charge in [-0.1, -0.05) is 0 Å². The van der Waals surface area contributed by atoms with E-state index in [0.29, 0.717) is 23.7 Å². The highest BCUT2D eigenvalue weighted by atomic mass is 16.2. The molecule has 162 valence electrons. The van der Waals surface area contributed by atoms with Crippen molar-refractivity contribution >= 4 is 23.2 Å². The molecule has 6 nitrogen and oxygen atoms in total. The van der Waals surface area contributed by atoms with Crippen LogP contribution in [0.5, 0.6) is 0 Å². The average Bonchev–Trinajstić information content (AvgIpc) is 2.70. The van der Waals surface area contributed by atoms with E-state index in [1.165, 1.54) is 75.6 Å². The third kappa shape index (κ3) is 3.50. The smallest absolute Gasteiger partial charge is 0.240 e. The van der Waals surface area contributed by atoms with Crippen molar-refractivity contribution in [3.8, 4) is 0 Å². The van der Waals surface area contributed by atoms with Gasteiger partial charge in [0.15, 0.2) is 0 Å². The van der Waals surface area contributed by atoms with Gasteiger partial charge in [0, 0.05) is 24.3 Å². The molecule has 0 aliphatic heterocycles. The molecule has 0 radical (unpaired) electrons. The lowest BCUT2D eigenvalue weighted by molar-refractivity contribution is -0.126. The van der Waals surface area contributed by atoms with Crippen LogP contribution in [-0.4, -0.2) is 23.2 Å². The Balaban J connectivity index is 0.978. The number of hydrogen-bond acceptors (Lipinski definition) is 4. The van der Waals surface area contributed by atoms with Gasteiger partial charge in [-0.15, -0.1) is 0 Å². The predicted molar refractivity (Wildman–Crippen MR) is 114 cm³/mol. The molecule has 2 amide bonds. The molecule has 8 fully saturated rings. The molecule has 8 aliphatic carbocycles. The minimum Gasteiger partial charge on any atom is -0.273 e. The van der Waals surface area contributed by atoms with Crippen LogP contribution in [0.4, 0.5) is 0 Å². The van der Waals surface area contributed by atoms with Crippen molar-refractivity contribution in [2.24, 2.45) is 57.5 Å². The first-order chi connectivity index (χ1) is 14.6. The van der Waals surface area contributed by atoms with Gasteiger partial charge in [0.2, 0.25) is 11.8 Å². The number of nitrogens with one attached hydrogen (secondary N) is 2. The van der Waals surface area contributed by atoms with Gasteiger partial charge in [0.05, 0.1) is 0 Å². The summed E-state index contributed by atoms with van der Waals surface area (Å²) in [7, 11) is 0. The molecule has 0 spiro atoms. The molecular weight excluding hydrogens is 376 g/mol. The van der Waals surface area contributed by atoms with E-state index in [9.17, 15) is 9.59 Å². The molecular formula is C24H34N4O2. The summed E-state index contributed by atoms with van der Waals surface area (Å²) in [4.78, 5) is 24.5. The summed E-state index contributed by atoms with van der Waals surface area (Å²) in [5.41, 5.74) is 7.95. The number of hydrogen-bond donors (Lipinski definition) is 2. The van der Waals surface area contributed by atoms with Crippen molar-refractivity contribution in [2.75, 3.05) is 0 Å². The predicted octanol–water partition coefficient (Wildman–Crippen LogP) is 3.62. The third-order valence-electron chi connectivity index (χ3n) is 9.15.